The molecule has 3 heterocycles. The van der Waals surface area contributed by atoms with Crippen molar-refractivity contribution in [2.75, 3.05) is 59.2 Å². The first-order valence-corrected chi connectivity index (χ1v) is 7.70. The second-order valence-corrected chi connectivity index (χ2v) is 6.14. The molecule has 3 rings (SSSR count). The molecule has 3 fully saturated rings. The van der Waals surface area contributed by atoms with Gasteiger partial charge in [0.1, 0.15) is 0 Å². The molecule has 5 nitrogen and oxygen atoms in total. The minimum Gasteiger partial charge on any atom is -0.381 e. The number of morpholine rings is 1. The molecule has 0 radical (unpaired) electrons. The number of likely N-dealkylation sites (tertiary alicyclic amines) is 1. The van der Waals surface area contributed by atoms with Crippen molar-refractivity contribution in [1.82, 2.24) is 9.80 Å². The van der Waals surface area contributed by atoms with Gasteiger partial charge in [0.25, 0.3) is 0 Å². The van der Waals surface area contributed by atoms with Crippen LogP contribution >= 0.6 is 0 Å². The molecule has 110 valence electrons. The summed E-state index contributed by atoms with van der Waals surface area (Å²) >= 11 is 0. The average molecular weight is 269 g/mol. The maximum atomic E-state index is 6.20. The minimum absolute atomic E-state index is 0.330. The number of rotatable bonds is 3. The molecule has 0 saturated carbocycles. The van der Waals surface area contributed by atoms with E-state index in [0.29, 0.717) is 12.0 Å². The Labute approximate surface area is 116 Å². The molecule has 0 aromatic heterocycles. The quantitative estimate of drug-likeness (QED) is 0.766. The van der Waals surface area contributed by atoms with E-state index < -0.39 is 0 Å². The Kier molecular flexibility index (Phi) is 4.71. The third-order valence-electron chi connectivity index (χ3n) is 4.84. The third kappa shape index (κ3) is 3.47. The zero-order valence-electron chi connectivity index (χ0n) is 11.8. The van der Waals surface area contributed by atoms with Gasteiger partial charge in [-0.15, -0.1) is 0 Å². The van der Waals surface area contributed by atoms with Gasteiger partial charge in [-0.25, -0.2) is 0 Å². The fourth-order valence-electron chi connectivity index (χ4n) is 3.55. The van der Waals surface area contributed by atoms with Crippen LogP contribution in [0.1, 0.15) is 12.8 Å². The molecule has 3 aliphatic heterocycles. The number of nitrogens with two attached hydrogens (primary N) is 1. The summed E-state index contributed by atoms with van der Waals surface area (Å²) in [7, 11) is 0. The zero-order valence-corrected chi connectivity index (χ0v) is 11.8. The first-order valence-electron chi connectivity index (χ1n) is 7.70. The normalized spacial score (nSPS) is 38.7. The zero-order chi connectivity index (χ0) is 13.1. The highest BCUT2D eigenvalue weighted by atomic mass is 16.5. The highest BCUT2D eigenvalue weighted by Gasteiger charge is 2.31. The topological polar surface area (TPSA) is 51.0 Å². The van der Waals surface area contributed by atoms with E-state index in [4.69, 9.17) is 15.2 Å². The lowest BCUT2D eigenvalue weighted by molar-refractivity contribution is 0.0139. The molecule has 3 atom stereocenters. The number of hydrogen-bond acceptors (Lipinski definition) is 5. The molecular weight excluding hydrogens is 242 g/mol. The summed E-state index contributed by atoms with van der Waals surface area (Å²) in [5.41, 5.74) is 6.20. The van der Waals surface area contributed by atoms with Crippen LogP contribution in [0.25, 0.3) is 0 Å². The van der Waals surface area contributed by atoms with Crippen molar-refractivity contribution >= 4 is 0 Å². The van der Waals surface area contributed by atoms with E-state index in [2.05, 4.69) is 9.80 Å². The Morgan fingerprint density at radius 1 is 1.00 bits per heavy atom. The predicted octanol–water partition coefficient (Wildman–Crippen LogP) is -0.243. The van der Waals surface area contributed by atoms with Crippen molar-refractivity contribution in [1.29, 1.82) is 0 Å². The van der Waals surface area contributed by atoms with Gasteiger partial charge in [-0.05, 0) is 19.4 Å². The van der Waals surface area contributed by atoms with E-state index in [9.17, 15) is 0 Å². The Bertz CT molecular complexity index is 284. The Hall–Kier alpha value is -0.200. The van der Waals surface area contributed by atoms with Crippen LogP contribution in [0.5, 0.6) is 0 Å². The average Bonchev–Trinajstić information content (AvgIpc) is 2.91. The summed E-state index contributed by atoms with van der Waals surface area (Å²) in [6, 6.07) is 1.06. The monoisotopic (exact) mass is 269 g/mol. The molecule has 3 aliphatic rings. The second-order valence-electron chi connectivity index (χ2n) is 6.14. The van der Waals surface area contributed by atoms with Crippen LogP contribution in [0.4, 0.5) is 0 Å². The lowest BCUT2D eigenvalue weighted by atomic mass is 9.96. The van der Waals surface area contributed by atoms with Gasteiger partial charge in [-0.2, -0.15) is 0 Å². The molecule has 0 aromatic rings. The van der Waals surface area contributed by atoms with Crippen LogP contribution < -0.4 is 5.73 Å². The van der Waals surface area contributed by atoms with Crippen LogP contribution in [0.2, 0.25) is 0 Å². The second kappa shape index (κ2) is 6.50. The van der Waals surface area contributed by atoms with Crippen molar-refractivity contribution in [3.8, 4) is 0 Å². The van der Waals surface area contributed by atoms with E-state index >= 15 is 0 Å². The molecule has 19 heavy (non-hydrogen) atoms. The molecule has 0 bridgehead atoms. The van der Waals surface area contributed by atoms with E-state index in [1.165, 1.54) is 19.5 Å². The van der Waals surface area contributed by atoms with E-state index in [-0.39, 0.29) is 0 Å². The van der Waals surface area contributed by atoms with E-state index in [1.807, 2.05) is 0 Å². The minimum atomic E-state index is 0.330. The highest BCUT2D eigenvalue weighted by Crippen LogP contribution is 2.21. The first-order chi connectivity index (χ1) is 9.33. The van der Waals surface area contributed by atoms with Crippen molar-refractivity contribution in [2.45, 2.75) is 24.9 Å². The third-order valence-corrected chi connectivity index (χ3v) is 4.84. The number of nitrogens with zero attached hydrogens (tertiary/aromatic N) is 2. The highest BCUT2D eigenvalue weighted by molar-refractivity contribution is 4.87. The van der Waals surface area contributed by atoms with Gasteiger partial charge in [0.2, 0.25) is 0 Å². The lowest BCUT2D eigenvalue weighted by Gasteiger charge is -2.34. The van der Waals surface area contributed by atoms with Crippen molar-refractivity contribution < 1.29 is 9.47 Å². The lowest BCUT2D eigenvalue weighted by Crippen LogP contribution is -2.47. The molecule has 0 aromatic carbocycles. The van der Waals surface area contributed by atoms with Crippen molar-refractivity contribution in [3.05, 3.63) is 0 Å². The Morgan fingerprint density at radius 2 is 1.84 bits per heavy atom. The molecule has 3 saturated heterocycles. The molecule has 0 spiro atoms. The summed E-state index contributed by atoms with van der Waals surface area (Å²) in [5.74, 6) is 0.525. The fraction of sp³-hybridized carbons (Fsp3) is 1.00. The Morgan fingerprint density at radius 3 is 2.63 bits per heavy atom. The van der Waals surface area contributed by atoms with Gasteiger partial charge in [0, 0.05) is 50.8 Å². The number of ether oxygens (including phenoxy) is 2. The maximum absolute atomic E-state index is 6.20. The van der Waals surface area contributed by atoms with Crippen LogP contribution in [-0.2, 0) is 9.47 Å². The molecule has 0 aliphatic carbocycles. The fourth-order valence-corrected chi connectivity index (χ4v) is 3.55. The van der Waals surface area contributed by atoms with E-state index in [0.717, 1.165) is 58.5 Å². The van der Waals surface area contributed by atoms with Crippen LogP contribution in [-0.4, -0.2) is 81.0 Å². The summed E-state index contributed by atoms with van der Waals surface area (Å²) in [6.07, 6.45) is 2.31. The summed E-state index contributed by atoms with van der Waals surface area (Å²) < 4.78 is 11.0. The molecular formula is C14H27N3O2. The van der Waals surface area contributed by atoms with Gasteiger partial charge >= 0.3 is 0 Å². The van der Waals surface area contributed by atoms with Crippen LogP contribution in [0, 0.1) is 5.92 Å². The van der Waals surface area contributed by atoms with Gasteiger partial charge in [-0.1, -0.05) is 0 Å². The maximum Gasteiger partial charge on any atom is 0.0594 e. The van der Waals surface area contributed by atoms with Gasteiger partial charge in [-0.3, -0.25) is 4.90 Å². The smallest absolute Gasteiger partial charge is 0.0594 e. The summed E-state index contributed by atoms with van der Waals surface area (Å²) in [6.45, 7) is 9.22. The predicted molar refractivity (Wildman–Crippen MR) is 74.1 cm³/mol. The first kappa shape index (κ1) is 13.8. The van der Waals surface area contributed by atoms with E-state index in [1.54, 1.807) is 0 Å². The molecule has 5 heteroatoms. The number of hydrogen-bond donors (Lipinski definition) is 1. The standard InChI is InChI=1S/C14H27N3O2/c15-14-2-6-19-11-12(14)9-16-3-1-13(10-16)17-4-7-18-8-5-17/h12-14H,1-11,15H2. The van der Waals surface area contributed by atoms with Crippen molar-refractivity contribution in [2.24, 2.45) is 11.7 Å². The largest absolute Gasteiger partial charge is 0.381 e. The molecule has 0 amide bonds. The summed E-state index contributed by atoms with van der Waals surface area (Å²) in [4.78, 5) is 5.18. The van der Waals surface area contributed by atoms with Crippen LogP contribution in [0.3, 0.4) is 0 Å². The SMILES string of the molecule is NC1CCOCC1CN1CCC(N2CCOCC2)C1. The molecule has 2 N–H and O–H groups in total. The van der Waals surface area contributed by atoms with Crippen molar-refractivity contribution in [3.63, 3.8) is 0 Å². The van der Waals surface area contributed by atoms with Crippen LogP contribution in [0.15, 0.2) is 0 Å². The summed E-state index contributed by atoms with van der Waals surface area (Å²) in [5, 5.41) is 0. The Balaban J connectivity index is 1.45. The van der Waals surface area contributed by atoms with Gasteiger partial charge in [0.15, 0.2) is 0 Å². The molecule has 3 unspecified atom stereocenters. The van der Waals surface area contributed by atoms with Gasteiger partial charge < -0.3 is 20.1 Å². The van der Waals surface area contributed by atoms with Gasteiger partial charge in [0.05, 0.1) is 19.8 Å².